The fourth-order valence-electron chi connectivity index (χ4n) is 4.07. The lowest BCUT2D eigenvalue weighted by Gasteiger charge is -2.40. The molecule has 2 fully saturated rings. The average molecular weight is 414 g/mol. The highest BCUT2D eigenvalue weighted by molar-refractivity contribution is 6.31. The molecular formula is C20H28ClNO6. The molecule has 156 valence electrons. The van der Waals surface area contributed by atoms with Gasteiger partial charge in [-0.3, -0.25) is 4.79 Å². The molecule has 2 saturated heterocycles. The van der Waals surface area contributed by atoms with Gasteiger partial charge in [0.2, 0.25) is 5.91 Å². The number of ether oxygens (including phenoxy) is 1. The van der Waals surface area contributed by atoms with Gasteiger partial charge >= 0.3 is 0 Å². The summed E-state index contributed by atoms with van der Waals surface area (Å²) in [6.07, 6.45) is -3.37. The number of halogens is 1. The van der Waals surface area contributed by atoms with E-state index in [9.17, 15) is 25.2 Å². The van der Waals surface area contributed by atoms with Gasteiger partial charge in [-0.05, 0) is 42.4 Å². The lowest BCUT2D eigenvalue weighted by Crippen LogP contribution is -2.55. The van der Waals surface area contributed by atoms with Crippen LogP contribution in [0.2, 0.25) is 5.02 Å². The van der Waals surface area contributed by atoms with Crippen LogP contribution in [0.1, 0.15) is 37.0 Å². The third-order valence-corrected chi connectivity index (χ3v) is 6.23. The minimum Gasteiger partial charge on any atom is -0.394 e. The van der Waals surface area contributed by atoms with Crippen molar-refractivity contribution in [2.45, 2.75) is 56.7 Å². The van der Waals surface area contributed by atoms with E-state index in [1.54, 1.807) is 19.1 Å². The highest BCUT2D eigenvalue weighted by Crippen LogP contribution is 2.35. The minimum absolute atomic E-state index is 0.0982. The van der Waals surface area contributed by atoms with Gasteiger partial charge < -0.3 is 30.1 Å². The Hall–Kier alpha value is -1.22. The predicted molar refractivity (Wildman–Crippen MR) is 103 cm³/mol. The molecule has 1 aromatic rings. The molecule has 0 radical (unpaired) electrons. The molecule has 2 aliphatic heterocycles. The van der Waals surface area contributed by atoms with E-state index in [4.69, 9.17) is 16.3 Å². The summed E-state index contributed by atoms with van der Waals surface area (Å²) in [5.74, 6) is 0.499. The quantitative estimate of drug-likeness (QED) is 0.577. The fraction of sp³-hybridized carbons (Fsp3) is 0.650. The Morgan fingerprint density at radius 3 is 2.46 bits per heavy atom. The Balaban J connectivity index is 1.73. The first-order valence-electron chi connectivity index (χ1n) is 9.66. The van der Waals surface area contributed by atoms with E-state index in [1.807, 2.05) is 11.0 Å². The number of hydrogen-bond acceptors (Lipinski definition) is 6. The number of hydrogen-bond donors (Lipinski definition) is 4. The standard InChI is InChI=1S/C20H28ClNO6/c1-11(24)22-6-4-12(5-7-22)8-14-9-13(2-3-15(14)21)20-19(27)18(26)17(25)16(10-23)28-20/h2-3,9,12,16-20,23,25-27H,4-8,10H2,1H3/t16-,17-,18+,19-,20+/m1/s1. The number of carbonyl (C=O) groups is 1. The molecular weight excluding hydrogens is 386 g/mol. The number of amides is 1. The zero-order chi connectivity index (χ0) is 20.4. The first kappa shape index (κ1) is 21.5. The molecule has 0 saturated carbocycles. The van der Waals surface area contributed by atoms with Gasteiger partial charge in [-0.15, -0.1) is 0 Å². The third-order valence-electron chi connectivity index (χ3n) is 5.86. The zero-order valence-electron chi connectivity index (χ0n) is 15.9. The number of rotatable bonds is 4. The molecule has 8 heteroatoms. The number of piperidine rings is 1. The normalized spacial score (nSPS) is 31.8. The van der Waals surface area contributed by atoms with Crippen molar-refractivity contribution in [2.24, 2.45) is 5.92 Å². The van der Waals surface area contributed by atoms with Crippen LogP contribution in [0.15, 0.2) is 18.2 Å². The van der Waals surface area contributed by atoms with Gasteiger partial charge in [-0.25, -0.2) is 0 Å². The van der Waals surface area contributed by atoms with E-state index in [1.165, 1.54) is 0 Å². The molecule has 0 unspecified atom stereocenters. The Bertz CT molecular complexity index is 691. The Morgan fingerprint density at radius 1 is 1.18 bits per heavy atom. The largest absolute Gasteiger partial charge is 0.394 e. The van der Waals surface area contributed by atoms with Gasteiger partial charge in [0.25, 0.3) is 0 Å². The number of aliphatic hydroxyl groups is 4. The van der Waals surface area contributed by atoms with Crippen molar-refractivity contribution in [1.82, 2.24) is 4.90 Å². The number of nitrogens with zero attached hydrogens (tertiary/aromatic N) is 1. The Labute approximate surface area is 169 Å². The van der Waals surface area contributed by atoms with Crippen molar-refractivity contribution < 1.29 is 30.0 Å². The molecule has 4 N–H and O–H groups in total. The van der Waals surface area contributed by atoms with Gasteiger partial charge in [0.15, 0.2) is 0 Å². The van der Waals surface area contributed by atoms with E-state index < -0.39 is 37.1 Å². The highest BCUT2D eigenvalue weighted by atomic mass is 35.5. The molecule has 0 spiro atoms. The van der Waals surface area contributed by atoms with Crippen molar-refractivity contribution >= 4 is 17.5 Å². The van der Waals surface area contributed by atoms with Crippen LogP contribution in [0.25, 0.3) is 0 Å². The van der Waals surface area contributed by atoms with E-state index >= 15 is 0 Å². The second-order valence-electron chi connectivity index (χ2n) is 7.75. The molecule has 0 aromatic heterocycles. The molecule has 7 nitrogen and oxygen atoms in total. The van der Waals surface area contributed by atoms with Crippen molar-refractivity contribution in [2.75, 3.05) is 19.7 Å². The van der Waals surface area contributed by atoms with Crippen LogP contribution in [-0.4, -0.2) is 75.3 Å². The van der Waals surface area contributed by atoms with Crippen LogP contribution >= 0.6 is 11.6 Å². The second kappa shape index (κ2) is 9.07. The van der Waals surface area contributed by atoms with Gasteiger partial charge in [-0.1, -0.05) is 23.7 Å². The molecule has 28 heavy (non-hydrogen) atoms. The van der Waals surface area contributed by atoms with E-state index in [2.05, 4.69) is 0 Å². The lowest BCUT2D eigenvalue weighted by molar-refractivity contribution is -0.231. The van der Waals surface area contributed by atoms with E-state index in [0.717, 1.165) is 37.9 Å². The van der Waals surface area contributed by atoms with Crippen LogP contribution in [0, 0.1) is 5.92 Å². The summed E-state index contributed by atoms with van der Waals surface area (Å²) in [7, 11) is 0. The fourth-order valence-corrected chi connectivity index (χ4v) is 4.26. The van der Waals surface area contributed by atoms with Crippen molar-refractivity contribution in [3.63, 3.8) is 0 Å². The summed E-state index contributed by atoms with van der Waals surface area (Å²) < 4.78 is 5.64. The number of carbonyl (C=O) groups excluding carboxylic acids is 1. The molecule has 2 heterocycles. The monoisotopic (exact) mass is 413 g/mol. The summed E-state index contributed by atoms with van der Waals surface area (Å²) in [5.41, 5.74) is 1.55. The van der Waals surface area contributed by atoms with E-state index in [0.29, 0.717) is 16.5 Å². The van der Waals surface area contributed by atoms with Crippen LogP contribution in [0.4, 0.5) is 0 Å². The number of benzene rings is 1. The molecule has 1 amide bonds. The number of likely N-dealkylation sites (tertiary alicyclic amines) is 1. The van der Waals surface area contributed by atoms with Crippen LogP contribution in [0.5, 0.6) is 0 Å². The van der Waals surface area contributed by atoms with E-state index in [-0.39, 0.29) is 5.91 Å². The van der Waals surface area contributed by atoms with Crippen molar-refractivity contribution in [3.05, 3.63) is 34.3 Å². The molecule has 0 bridgehead atoms. The summed E-state index contributed by atoms with van der Waals surface area (Å²) >= 11 is 6.38. The lowest BCUT2D eigenvalue weighted by atomic mass is 9.87. The van der Waals surface area contributed by atoms with Gasteiger partial charge in [0.1, 0.15) is 30.5 Å². The van der Waals surface area contributed by atoms with Crippen LogP contribution in [0.3, 0.4) is 0 Å². The summed E-state index contributed by atoms with van der Waals surface area (Å²) in [5, 5.41) is 40.3. The molecule has 0 aliphatic carbocycles. The molecule has 2 aliphatic rings. The maximum absolute atomic E-state index is 11.5. The average Bonchev–Trinajstić information content (AvgIpc) is 2.69. The first-order chi connectivity index (χ1) is 13.3. The summed E-state index contributed by atoms with van der Waals surface area (Å²) in [6, 6.07) is 5.31. The van der Waals surface area contributed by atoms with Crippen molar-refractivity contribution in [3.8, 4) is 0 Å². The Kier molecular flexibility index (Phi) is 6.96. The van der Waals surface area contributed by atoms with Gasteiger partial charge in [0, 0.05) is 25.0 Å². The second-order valence-corrected chi connectivity index (χ2v) is 8.16. The first-order valence-corrected chi connectivity index (χ1v) is 10.0. The zero-order valence-corrected chi connectivity index (χ0v) is 16.6. The highest BCUT2D eigenvalue weighted by Gasteiger charge is 2.44. The van der Waals surface area contributed by atoms with Crippen LogP contribution in [-0.2, 0) is 16.0 Å². The number of aliphatic hydroxyl groups excluding tert-OH is 4. The molecule has 1 aromatic carbocycles. The minimum atomic E-state index is -1.41. The summed E-state index contributed by atoms with van der Waals surface area (Å²) in [4.78, 5) is 13.3. The molecule has 3 rings (SSSR count). The van der Waals surface area contributed by atoms with Crippen LogP contribution < -0.4 is 0 Å². The maximum Gasteiger partial charge on any atom is 0.219 e. The van der Waals surface area contributed by atoms with Gasteiger partial charge in [0.05, 0.1) is 6.61 Å². The topological polar surface area (TPSA) is 110 Å². The Morgan fingerprint density at radius 2 is 1.86 bits per heavy atom. The van der Waals surface area contributed by atoms with Crippen molar-refractivity contribution in [1.29, 1.82) is 0 Å². The predicted octanol–water partition coefficient (Wildman–Crippen LogP) is 0.656. The SMILES string of the molecule is CC(=O)N1CCC(Cc2cc([C@@H]3O[C@H](CO)[C@@H](O)[C@H](O)[C@H]3O)ccc2Cl)CC1. The molecule has 5 atom stereocenters. The maximum atomic E-state index is 11.5. The smallest absolute Gasteiger partial charge is 0.219 e. The summed E-state index contributed by atoms with van der Waals surface area (Å²) in [6.45, 7) is 2.60. The third kappa shape index (κ3) is 4.50. The van der Waals surface area contributed by atoms with Gasteiger partial charge in [-0.2, -0.15) is 0 Å².